The monoisotopic (exact) mass is 309 g/mol. The van der Waals surface area contributed by atoms with Crippen LogP contribution in [0.2, 0.25) is 5.02 Å². The van der Waals surface area contributed by atoms with Gasteiger partial charge in [0.05, 0.1) is 5.02 Å². The highest BCUT2D eigenvalue weighted by atomic mass is 35.5. The molecule has 0 radical (unpaired) electrons. The Balaban J connectivity index is 1.69. The van der Waals surface area contributed by atoms with Gasteiger partial charge in [-0.25, -0.2) is 4.39 Å². The van der Waals surface area contributed by atoms with E-state index in [1.165, 1.54) is 6.07 Å². The van der Waals surface area contributed by atoms with Gasteiger partial charge in [0.15, 0.2) is 5.82 Å². The lowest BCUT2D eigenvalue weighted by Gasteiger charge is -2.10. The third-order valence-electron chi connectivity index (χ3n) is 4.00. The van der Waals surface area contributed by atoms with Gasteiger partial charge in [-0.15, -0.1) is 0 Å². The molecule has 112 valence electrons. The normalized spacial score (nSPS) is 21.9. The molecule has 0 unspecified atom stereocenters. The first-order valence-electron chi connectivity index (χ1n) is 7.08. The molecule has 1 N–H and O–H groups in total. The fourth-order valence-corrected chi connectivity index (χ4v) is 2.85. The maximum absolute atomic E-state index is 13.4. The van der Waals surface area contributed by atoms with Crippen LogP contribution in [0.3, 0.4) is 0 Å². The number of hydrogen-bond acceptors (Lipinski definition) is 4. The number of hydrogen-bond donors (Lipinski definition) is 1. The molecule has 1 aliphatic heterocycles. The fourth-order valence-electron chi connectivity index (χ4n) is 2.66. The second-order valence-electron chi connectivity index (χ2n) is 5.59. The summed E-state index contributed by atoms with van der Waals surface area (Å²) in [5.41, 5.74) is 0.667. The lowest BCUT2D eigenvalue weighted by Crippen LogP contribution is -2.13. The van der Waals surface area contributed by atoms with Crippen molar-refractivity contribution in [3.05, 3.63) is 46.3 Å². The van der Waals surface area contributed by atoms with Crippen LogP contribution in [0.1, 0.15) is 24.2 Å². The quantitative estimate of drug-likeness (QED) is 0.943. The highest BCUT2D eigenvalue weighted by Gasteiger charge is 2.25. The van der Waals surface area contributed by atoms with Crippen LogP contribution in [0.4, 0.5) is 4.39 Å². The van der Waals surface area contributed by atoms with Gasteiger partial charge in [-0.1, -0.05) is 35.8 Å². The van der Waals surface area contributed by atoms with Crippen LogP contribution in [0.15, 0.2) is 22.7 Å². The van der Waals surface area contributed by atoms with Crippen LogP contribution in [0.5, 0.6) is 0 Å². The first-order chi connectivity index (χ1) is 10.1. The van der Waals surface area contributed by atoms with Gasteiger partial charge in [0.25, 0.3) is 0 Å². The molecule has 0 saturated carbocycles. The lowest BCUT2D eigenvalue weighted by molar-refractivity contribution is 0.335. The van der Waals surface area contributed by atoms with Crippen molar-refractivity contribution in [2.24, 2.45) is 11.8 Å². The van der Waals surface area contributed by atoms with Gasteiger partial charge in [0.1, 0.15) is 5.82 Å². The van der Waals surface area contributed by atoms with Crippen molar-refractivity contribution >= 4 is 11.6 Å². The molecule has 1 aromatic carbocycles. The summed E-state index contributed by atoms with van der Waals surface area (Å²) in [4.78, 5) is 4.39. The molecule has 0 amide bonds. The number of rotatable bonds is 4. The van der Waals surface area contributed by atoms with Crippen LogP contribution in [0, 0.1) is 17.7 Å². The Morgan fingerprint density at radius 1 is 1.43 bits per heavy atom. The SMILES string of the molecule is C[C@@H]1CNC[C@H]1Cc1nc(Cc2cccc(F)c2Cl)no1. The molecule has 1 aliphatic rings. The van der Waals surface area contributed by atoms with Crippen LogP contribution in [0.25, 0.3) is 0 Å². The number of nitrogens with zero attached hydrogens (tertiary/aromatic N) is 2. The van der Waals surface area contributed by atoms with E-state index in [2.05, 4.69) is 22.4 Å². The Hall–Kier alpha value is -1.46. The van der Waals surface area contributed by atoms with E-state index in [1.54, 1.807) is 12.1 Å². The number of benzene rings is 1. The van der Waals surface area contributed by atoms with Crippen molar-refractivity contribution in [1.29, 1.82) is 0 Å². The lowest BCUT2D eigenvalue weighted by atomic mass is 9.95. The maximum Gasteiger partial charge on any atom is 0.226 e. The third kappa shape index (κ3) is 3.24. The van der Waals surface area contributed by atoms with Crippen molar-refractivity contribution in [2.75, 3.05) is 13.1 Å². The van der Waals surface area contributed by atoms with Crippen LogP contribution < -0.4 is 5.32 Å². The highest BCUT2D eigenvalue weighted by Crippen LogP contribution is 2.23. The fraction of sp³-hybridized carbons (Fsp3) is 0.467. The Labute approximate surface area is 127 Å². The van der Waals surface area contributed by atoms with E-state index in [0.29, 0.717) is 35.5 Å². The average Bonchev–Trinajstić information content (AvgIpc) is 3.06. The highest BCUT2D eigenvalue weighted by molar-refractivity contribution is 6.31. The summed E-state index contributed by atoms with van der Waals surface area (Å²) in [5, 5.41) is 7.44. The second kappa shape index (κ2) is 6.12. The minimum Gasteiger partial charge on any atom is -0.339 e. The van der Waals surface area contributed by atoms with Crippen molar-refractivity contribution in [3.63, 3.8) is 0 Å². The zero-order chi connectivity index (χ0) is 14.8. The van der Waals surface area contributed by atoms with Gasteiger partial charge < -0.3 is 9.84 Å². The zero-order valence-corrected chi connectivity index (χ0v) is 12.5. The molecule has 0 aliphatic carbocycles. The molecule has 2 aromatic rings. The van der Waals surface area contributed by atoms with Gasteiger partial charge >= 0.3 is 0 Å². The summed E-state index contributed by atoms with van der Waals surface area (Å²) in [5.74, 6) is 1.88. The van der Waals surface area contributed by atoms with Gasteiger partial charge in [0.2, 0.25) is 5.89 Å². The first kappa shape index (κ1) is 14.5. The number of halogens is 2. The topological polar surface area (TPSA) is 51.0 Å². The largest absolute Gasteiger partial charge is 0.339 e. The van der Waals surface area contributed by atoms with Crippen molar-refractivity contribution in [3.8, 4) is 0 Å². The standard InChI is InChI=1S/C15H17ClFN3O/c1-9-7-18-8-11(9)6-14-19-13(20-21-14)5-10-3-2-4-12(17)15(10)16/h2-4,9,11,18H,5-8H2,1H3/t9-,11-/m1/s1. The predicted octanol–water partition coefficient (Wildman–Crippen LogP) is 2.85. The molecule has 2 heterocycles. The zero-order valence-electron chi connectivity index (χ0n) is 11.8. The van der Waals surface area contributed by atoms with E-state index in [9.17, 15) is 4.39 Å². The summed E-state index contributed by atoms with van der Waals surface area (Å²) in [6.07, 6.45) is 1.15. The molecule has 2 atom stereocenters. The second-order valence-corrected chi connectivity index (χ2v) is 5.97. The van der Waals surface area contributed by atoms with Gasteiger partial charge in [-0.2, -0.15) is 4.98 Å². The summed E-state index contributed by atoms with van der Waals surface area (Å²) in [7, 11) is 0. The van der Waals surface area contributed by atoms with E-state index in [0.717, 1.165) is 19.5 Å². The molecule has 1 saturated heterocycles. The molecule has 21 heavy (non-hydrogen) atoms. The minimum absolute atomic E-state index is 0.123. The minimum atomic E-state index is -0.427. The molecule has 0 spiro atoms. The Morgan fingerprint density at radius 2 is 2.29 bits per heavy atom. The van der Waals surface area contributed by atoms with E-state index in [4.69, 9.17) is 16.1 Å². The number of aromatic nitrogens is 2. The average molecular weight is 310 g/mol. The molecule has 6 heteroatoms. The summed E-state index contributed by atoms with van der Waals surface area (Å²) >= 11 is 5.94. The van der Waals surface area contributed by atoms with E-state index < -0.39 is 5.82 Å². The predicted molar refractivity (Wildman–Crippen MR) is 77.7 cm³/mol. The Kier molecular flexibility index (Phi) is 4.22. The van der Waals surface area contributed by atoms with Crippen LogP contribution in [-0.2, 0) is 12.8 Å². The Morgan fingerprint density at radius 3 is 3.05 bits per heavy atom. The van der Waals surface area contributed by atoms with Crippen LogP contribution >= 0.6 is 11.6 Å². The molecular formula is C15H17ClFN3O. The van der Waals surface area contributed by atoms with Crippen molar-refractivity contribution in [2.45, 2.75) is 19.8 Å². The maximum atomic E-state index is 13.4. The van der Waals surface area contributed by atoms with Gasteiger partial charge in [-0.05, 0) is 36.6 Å². The van der Waals surface area contributed by atoms with Crippen molar-refractivity contribution in [1.82, 2.24) is 15.5 Å². The van der Waals surface area contributed by atoms with Gasteiger partial charge in [0, 0.05) is 12.8 Å². The van der Waals surface area contributed by atoms with E-state index in [-0.39, 0.29) is 5.02 Å². The Bertz CT molecular complexity index is 631. The molecule has 4 nitrogen and oxygen atoms in total. The first-order valence-corrected chi connectivity index (χ1v) is 7.46. The molecular weight excluding hydrogens is 293 g/mol. The summed E-state index contributed by atoms with van der Waals surface area (Å²) in [6.45, 7) is 4.23. The van der Waals surface area contributed by atoms with Crippen molar-refractivity contribution < 1.29 is 8.91 Å². The summed E-state index contributed by atoms with van der Waals surface area (Å²) < 4.78 is 18.7. The molecule has 1 fully saturated rings. The van der Waals surface area contributed by atoms with E-state index >= 15 is 0 Å². The van der Waals surface area contributed by atoms with E-state index in [1.807, 2.05) is 0 Å². The smallest absolute Gasteiger partial charge is 0.226 e. The third-order valence-corrected chi connectivity index (χ3v) is 4.43. The van der Waals surface area contributed by atoms with Crippen LogP contribution in [-0.4, -0.2) is 23.2 Å². The summed E-state index contributed by atoms with van der Waals surface area (Å²) in [6, 6.07) is 4.73. The number of nitrogens with one attached hydrogen (secondary N) is 1. The molecule has 3 rings (SSSR count). The van der Waals surface area contributed by atoms with Gasteiger partial charge in [-0.3, -0.25) is 0 Å². The molecule has 0 bridgehead atoms. The molecule has 1 aromatic heterocycles.